The van der Waals surface area contributed by atoms with Crippen LogP contribution in [0.5, 0.6) is 0 Å². The minimum Gasteiger partial charge on any atom is -0.383 e. The first-order chi connectivity index (χ1) is 9.07. The maximum Gasteiger partial charge on any atom is 0.0587 e. The van der Waals surface area contributed by atoms with Crippen molar-refractivity contribution in [2.45, 2.75) is 46.5 Å². The Kier molecular flexibility index (Phi) is 7.66. The Balaban J connectivity index is 2.22. The van der Waals surface area contributed by atoms with E-state index in [1.54, 1.807) is 7.11 Å². The number of hydrogen-bond donors (Lipinski definition) is 1. The number of hydrogen-bond acceptors (Lipinski definition) is 3. The molecule has 19 heavy (non-hydrogen) atoms. The van der Waals surface area contributed by atoms with E-state index in [0.29, 0.717) is 5.41 Å². The molecule has 1 rings (SSSR count). The predicted molar refractivity (Wildman–Crippen MR) is 85.2 cm³/mol. The van der Waals surface area contributed by atoms with Crippen LogP contribution in [0.15, 0.2) is 12.1 Å². The van der Waals surface area contributed by atoms with Gasteiger partial charge in [-0.15, -0.1) is 11.3 Å². The molecule has 1 aromatic rings. The molecular weight excluding hydrogens is 254 g/mol. The summed E-state index contributed by atoms with van der Waals surface area (Å²) in [5.41, 5.74) is 0.413. The van der Waals surface area contributed by atoms with E-state index in [1.807, 2.05) is 11.3 Å². The van der Waals surface area contributed by atoms with Gasteiger partial charge in [-0.1, -0.05) is 20.8 Å². The van der Waals surface area contributed by atoms with Crippen molar-refractivity contribution < 1.29 is 4.74 Å². The van der Waals surface area contributed by atoms with Gasteiger partial charge >= 0.3 is 0 Å². The lowest BCUT2D eigenvalue weighted by molar-refractivity contribution is 0.197. The zero-order chi connectivity index (χ0) is 14.1. The quantitative estimate of drug-likeness (QED) is 0.658. The van der Waals surface area contributed by atoms with Gasteiger partial charge in [0.2, 0.25) is 0 Å². The first kappa shape index (κ1) is 16.7. The Morgan fingerprint density at radius 2 is 1.89 bits per heavy atom. The fourth-order valence-electron chi connectivity index (χ4n) is 2.06. The molecule has 0 bridgehead atoms. The maximum absolute atomic E-state index is 5.03. The fraction of sp³-hybridized carbons (Fsp3) is 0.750. The molecular formula is C16H29NOS. The summed E-state index contributed by atoms with van der Waals surface area (Å²) >= 11 is 1.98. The van der Waals surface area contributed by atoms with E-state index in [-0.39, 0.29) is 0 Å². The average Bonchev–Trinajstić information content (AvgIpc) is 2.84. The Morgan fingerprint density at radius 1 is 1.16 bits per heavy atom. The Labute approximate surface area is 122 Å². The summed E-state index contributed by atoms with van der Waals surface area (Å²) in [4.78, 5) is 3.05. The van der Waals surface area contributed by atoms with Gasteiger partial charge in [0.1, 0.15) is 0 Å². The molecule has 0 spiro atoms. The first-order valence-corrected chi connectivity index (χ1v) is 8.16. The van der Waals surface area contributed by atoms with Gasteiger partial charge < -0.3 is 10.1 Å². The first-order valence-electron chi connectivity index (χ1n) is 7.34. The van der Waals surface area contributed by atoms with E-state index in [9.17, 15) is 0 Å². The summed E-state index contributed by atoms with van der Waals surface area (Å²) < 4.78 is 5.03. The van der Waals surface area contributed by atoms with Crippen molar-refractivity contribution >= 4 is 11.3 Å². The molecule has 0 amide bonds. The highest BCUT2D eigenvalue weighted by molar-refractivity contribution is 7.11. The largest absolute Gasteiger partial charge is 0.383 e. The van der Waals surface area contributed by atoms with Crippen LogP contribution in [0.25, 0.3) is 0 Å². The minimum absolute atomic E-state index is 0.413. The van der Waals surface area contributed by atoms with E-state index in [4.69, 9.17) is 4.74 Å². The van der Waals surface area contributed by atoms with Gasteiger partial charge in [0.25, 0.3) is 0 Å². The molecule has 110 valence electrons. The number of methoxy groups -OCH3 is 1. The number of rotatable bonds is 10. The molecule has 0 atom stereocenters. The van der Waals surface area contributed by atoms with Crippen LogP contribution in [0.3, 0.4) is 0 Å². The molecule has 0 saturated heterocycles. The van der Waals surface area contributed by atoms with Crippen molar-refractivity contribution in [1.29, 1.82) is 0 Å². The summed E-state index contributed by atoms with van der Waals surface area (Å²) in [6, 6.07) is 4.58. The average molecular weight is 283 g/mol. The highest BCUT2D eigenvalue weighted by Crippen LogP contribution is 2.28. The van der Waals surface area contributed by atoms with Crippen molar-refractivity contribution in [2.75, 3.05) is 26.8 Å². The molecule has 0 radical (unpaired) electrons. The molecule has 1 N–H and O–H groups in total. The fourth-order valence-corrected chi connectivity index (χ4v) is 3.02. The lowest BCUT2D eigenvalue weighted by Crippen LogP contribution is -2.25. The molecule has 0 aliphatic heterocycles. The Bertz CT molecular complexity index is 346. The predicted octanol–water partition coefficient (Wildman–Crippen LogP) is 3.90. The van der Waals surface area contributed by atoms with Crippen LogP contribution in [0.2, 0.25) is 0 Å². The Morgan fingerprint density at radius 3 is 2.53 bits per heavy atom. The Hall–Kier alpha value is -0.380. The third kappa shape index (κ3) is 7.09. The number of aryl methyl sites for hydroxylation is 2. The number of ether oxygens (including phenoxy) is 1. The summed E-state index contributed by atoms with van der Waals surface area (Å²) in [7, 11) is 1.75. The molecule has 1 aromatic heterocycles. The number of nitrogens with one attached hydrogen (secondary N) is 1. The summed E-state index contributed by atoms with van der Waals surface area (Å²) in [6.45, 7) is 9.82. The van der Waals surface area contributed by atoms with Crippen LogP contribution < -0.4 is 5.32 Å². The van der Waals surface area contributed by atoms with Crippen molar-refractivity contribution in [2.24, 2.45) is 5.41 Å². The summed E-state index contributed by atoms with van der Waals surface area (Å²) in [6.07, 6.45) is 4.87. The highest BCUT2D eigenvalue weighted by atomic mass is 32.1. The monoisotopic (exact) mass is 283 g/mol. The molecule has 0 aliphatic carbocycles. The van der Waals surface area contributed by atoms with Crippen LogP contribution in [-0.2, 0) is 17.6 Å². The van der Waals surface area contributed by atoms with Gasteiger partial charge in [-0.2, -0.15) is 0 Å². The van der Waals surface area contributed by atoms with Crippen molar-refractivity contribution in [3.63, 3.8) is 0 Å². The van der Waals surface area contributed by atoms with Gasteiger partial charge in [-0.3, -0.25) is 0 Å². The smallest absolute Gasteiger partial charge is 0.0587 e. The third-order valence-electron chi connectivity index (χ3n) is 3.58. The van der Waals surface area contributed by atoms with E-state index in [0.717, 1.165) is 26.1 Å². The standard InChI is InChI=1S/C16H29NOS/c1-5-14-6-7-15(19-14)8-9-16(2,3)10-11-17-12-13-18-4/h6-7,17H,5,8-13H2,1-4H3. The second kappa shape index (κ2) is 8.72. The molecule has 0 fully saturated rings. The molecule has 0 unspecified atom stereocenters. The lowest BCUT2D eigenvalue weighted by atomic mass is 9.84. The maximum atomic E-state index is 5.03. The van der Waals surface area contributed by atoms with E-state index < -0.39 is 0 Å². The van der Waals surface area contributed by atoms with Crippen LogP contribution in [0.4, 0.5) is 0 Å². The van der Waals surface area contributed by atoms with E-state index in [2.05, 4.69) is 38.2 Å². The van der Waals surface area contributed by atoms with Crippen LogP contribution in [0, 0.1) is 5.41 Å². The molecule has 0 aliphatic rings. The topological polar surface area (TPSA) is 21.3 Å². The summed E-state index contributed by atoms with van der Waals surface area (Å²) in [5, 5.41) is 3.43. The molecule has 3 heteroatoms. The van der Waals surface area contributed by atoms with Gasteiger partial charge in [0.15, 0.2) is 0 Å². The van der Waals surface area contributed by atoms with Gasteiger partial charge in [-0.25, -0.2) is 0 Å². The second-order valence-electron chi connectivity index (χ2n) is 5.88. The van der Waals surface area contributed by atoms with E-state index in [1.165, 1.54) is 29.0 Å². The minimum atomic E-state index is 0.413. The van der Waals surface area contributed by atoms with Crippen molar-refractivity contribution in [3.8, 4) is 0 Å². The summed E-state index contributed by atoms with van der Waals surface area (Å²) in [5.74, 6) is 0. The van der Waals surface area contributed by atoms with Crippen molar-refractivity contribution in [3.05, 3.63) is 21.9 Å². The molecule has 2 nitrogen and oxygen atoms in total. The van der Waals surface area contributed by atoms with Gasteiger partial charge in [-0.05, 0) is 49.8 Å². The van der Waals surface area contributed by atoms with Crippen LogP contribution in [0.1, 0.15) is 43.4 Å². The molecule has 1 heterocycles. The van der Waals surface area contributed by atoms with Crippen molar-refractivity contribution in [1.82, 2.24) is 5.32 Å². The van der Waals surface area contributed by atoms with Gasteiger partial charge in [0.05, 0.1) is 6.61 Å². The third-order valence-corrected chi connectivity index (χ3v) is 4.86. The van der Waals surface area contributed by atoms with Crippen LogP contribution in [-0.4, -0.2) is 26.8 Å². The van der Waals surface area contributed by atoms with Crippen LogP contribution >= 0.6 is 11.3 Å². The zero-order valence-corrected chi connectivity index (χ0v) is 13.7. The van der Waals surface area contributed by atoms with E-state index >= 15 is 0 Å². The van der Waals surface area contributed by atoms with Gasteiger partial charge in [0, 0.05) is 23.4 Å². The SMILES string of the molecule is CCc1ccc(CCC(C)(C)CCNCCOC)s1. The lowest BCUT2D eigenvalue weighted by Gasteiger charge is -2.24. The number of thiophene rings is 1. The second-order valence-corrected chi connectivity index (χ2v) is 7.13. The molecule has 0 saturated carbocycles. The zero-order valence-electron chi connectivity index (χ0n) is 12.9. The highest BCUT2D eigenvalue weighted by Gasteiger charge is 2.17. The molecule has 0 aromatic carbocycles. The normalized spacial score (nSPS) is 12.0.